The fraction of sp³-hybridized carbons (Fsp3) is 0.545. The summed E-state index contributed by atoms with van der Waals surface area (Å²) in [4.78, 5) is 12.2. The fourth-order valence-corrected chi connectivity index (χ4v) is 3.16. The van der Waals surface area contributed by atoms with Gasteiger partial charge >= 0.3 is 6.03 Å². The van der Waals surface area contributed by atoms with Gasteiger partial charge in [-0.1, -0.05) is 13.3 Å². The molecule has 19 heavy (non-hydrogen) atoms. The molecule has 0 unspecified atom stereocenters. The van der Waals surface area contributed by atoms with Gasteiger partial charge in [-0.2, -0.15) is 0 Å². The predicted octanol–water partition coefficient (Wildman–Crippen LogP) is 1.04. The van der Waals surface area contributed by atoms with Gasteiger partial charge < -0.3 is 10.6 Å². The highest BCUT2D eigenvalue weighted by atomic mass is 32.2. The van der Waals surface area contributed by atoms with Gasteiger partial charge in [-0.25, -0.2) is 18.4 Å². The number of nitrogens with one attached hydrogen (secondary N) is 2. The fourth-order valence-electron chi connectivity index (χ4n) is 1.39. The van der Waals surface area contributed by atoms with Crippen LogP contribution in [0.5, 0.6) is 0 Å². The van der Waals surface area contributed by atoms with Crippen molar-refractivity contribution in [2.24, 2.45) is 5.14 Å². The quantitative estimate of drug-likeness (QED) is 0.656. The summed E-state index contributed by atoms with van der Waals surface area (Å²) in [6.45, 7) is 3.18. The van der Waals surface area contributed by atoms with E-state index in [4.69, 9.17) is 5.14 Å². The Balaban J connectivity index is 2.30. The molecule has 0 radical (unpaired) electrons. The van der Waals surface area contributed by atoms with Gasteiger partial charge in [0.05, 0.1) is 0 Å². The number of hydrogen-bond donors (Lipinski definition) is 3. The summed E-state index contributed by atoms with van der Waals surface area (Å²) in [6, 6.07) is 2.99. The largest absolute Gasteiger partial charge is 0.338 e. The Labute approximate surface area is 117 Å². The van der Waals surface area contributed by atoms with Gasteiger partial charge in [0, 0.05) is 18.0 Å². The Morgan fingerprint density at radius 3 is 2.58 bits per heavy atom. The van der Waals surface area contributed by atoms with E-state index >= 15 is 0 Å². The third-order valence-electron chi connectivity index (χ3n) is 2.39. The third-order valence-corrected chi connectivity index (χ3v) is 4.97. The molecule has 2 amide bonds. The highest BCUT2D eigenvalue weighted by Crippen LogP contribution is 2.20. The van der Waals surface area contributed by atoms with Crippen LogP contribution in [0.1, 0.15) is 24.6 Å². The van der Waals surface area contributed by atoms with Crippen LogP contribution in [0.2, 0.25) is 0 Å². The van der Waals surface area contributed by atoms with E-state index in [0.29, 0.717) is 19.5 Å². The van der Waals surface area contributed by atoms with E-state index in [1.807, 2.05) is 0 Å². The molecule has 0 saturated carbocycles. The number of primary sulfonamides is 1. The van der Waals surface area contributed by atoms with Gasteiger partial charge in [-0.05, 0) is 25.0 Å². The standard InChI is InChI=1S/C11H19N3O3S2/c1-2-3-7-13-11(15)14-8-6-9-4-5-10(18-9)19(12,16)17/h4-5H,2-3,6-8H2,1H3,(H2,12,16,17)(H2,13,14,15). The first-order valence-corrected chi connectivity index (χ1v) is 8.43. The minimum Gasteiger partial charge on any atom is -0.338 e. The molecule has 0 aliphatic carbocycles. The summed E-state index contributed by atoms with van der Waals surface area (Å²) in [7, 11) is -3.62. The van der Waals surface area contributed by atoms with Crippen molar-refractivity contribution in [2.45, 2.75) is 30.4 Å². The number of thiophene rings is 1. The lowest BCUT2D eigenvalue weighted by Gasteiger charge is -2.05. The second-order valence-electron chi connectivity index (χ2n) is 4.05. The molecule has 0 aromatic carbocycles. The minimum absolute atomic E-state index is 0.148. The summed E-state index contributed by atoms with van der Waals surface area (Å²) < 4.78 is 22.3. The number of amides is 2. The Morgan fingerprint density at radius 1 is 1.32 bits per heavy atom. The maximum atomic E-state index is 11.3. The molecule has 4 N–H and O–H groups in total. The van der Waals surface area contributed by atoms with E-state index < -0.39 is 10.0 Å². The first-order valence-electron chi connectivity index (χ1n) is 6.06. The maximum Gasteiger partial charge on any atom is 0.314 e. The maximum absolute atomic E-state index is 11.3. The van der Waals surface area contributed by atoms with Crippen LogP contribution in [0.25, 0.3) is 0 Å². The van der Waals surface area contributed by atoms with E-state index in [9.17, 15) is 13.2 Å². The molecule has 0 fully saturated rings. The van der Waals surface area contributed by atoms with Crippen LogP contribution in [-0.4, -0.2) is 27.5 Å². The minimum atomic E-state index is -3.62. The molecule has 0 saturated heterocycles. The lowest BCUT2D eigenvalue weighted by Crippen LogP contribution is -2.36. The van der Waals surface area contributed by atoms with Crippen LogP contribution in [0.4, 0.5) is 4.79 Å². The molecule has 6 nitrogen and oxygen atoms in total. The van der Waals surface area contributed by atoms with Crippen LogP contribution < -0.4 is 15.8 Å². The van der Waals surface area contributed by atoms with Gasteiger partial charge in [-0.3, -0.25) is 0 Å². The molecule has 0 aliphatic rings. The Morgan fingerprint density at radius 2 is 2.00 bits per heavy atom. The van der Waals surface area contributed by atoms with Gasteiger partial charge in [0.2, 0.25) is 10.0 Å². The smallest absolute Gasteiger partial charge is 0.314 e. The van der Waals surface area contributed by atoms with Crippen molar-refractivity contribution in [1.82, 2.24) is 10.6 Å². The Bertz CT molecular complexity index is 511. The van der Waals surface area contributed by atoms with E-state index in [1.54, 1.807) is 6.07 Å². The zero-order valence-corrected chi connectivity index (χ0v) is 12.4. The lowest BCUT2D eigenvalue weighted by molar-refractivity contribution is 0.241. The van der Waals surface area contributed by atoms with Crippen molar-refractivity contribution in [3.05, 3.63) is 17.0 Å². The summed E-state index contributed by atoms with van der Waals surface area (Å²) in [6.07, 6.45) is 2.57. The number of rotatable bonds is 7. The SMILES string of the molecule is CCCCNC(=O)NCCc1ccc(S(N)(=O)=O)s1. The van der Waals surface area contributed by atoms with Crippen molar-refractivity contribution in [2.75, 3.05) is 13.1 Å². The van der Waals surface area contributed by atoms with E-state index in [-0.39, 0.29) is 10.2 Å². The number of hydrogen-bond acceptors (Lipinski definition) is 4. The summed E-state index contributed by atoms with van der Waals surface area (Å²) in [5, 5.41) is 10.5. The topological polar surface area (TPSA) is 101 Å². The number of carbonyl (C=O) groups excluding carboxylic acids is 1. The Kier molecular flexibility index (Phi) is 6.26. The molecular formula is C11H19N3O3S2. The summed E-state index contributed by atoms with van der Waals surface area (Å²) in [5.41, 5.74) is 0. The first kappa shape index (κ1) is 15.9. The predicted molar refractivity (Wildman–Crippen MR) is 75.7 cm³/mol. The zero-order chi connectivity index (χ0) is 14.3. The number of unbranched alkanes of at least 4 members (excludes halogenated alkanes) is 1. The van der Waals surface area contributed by atoms with E-state index in [2.05, 4.69) is 17.6 Å². The molecule has 1 aromatic heterocycles. The van der Waals surface area contributed by atoms with Gasteiger partial charge in [0.1, 0.15) is 4.21 Å². The normalized spacial score (nSPS) is 11.3. The molecule has 1 aromatic rings. The molecule has 8 heteroatoms. The summed E-state index contributed by atoms with van der Waals surface area (Å²) >= 11 is 1.13. The van der Waals surface area contributed by atoms with Gasteiger partial charge in [0.15, 0.2) is 0 Å². The average Bonchev–Trinajstić information content (AvgIpc) is 2.78. The first-order chi connectivity index (χ1) is 8.93. The molecule has 0 atom stereocenters. The number of urea groups is 1. The van der Waals surface area contributed by atoms with Crippen LogP contribution in [0.15, 0.2) is 16.3 Å². The molecule has 108 valence electrons. The summed E-state index contributed by atoms with van der Waals surface area (Å²) in [5.74, 6) is 0. The number of nitrogens with two attached hydrogens (primary N) is 1. The van der Waals surface area contributed by atoms with E-state index in [0.717, 1.165) is 29.1 Å². The van der Waals surface area contributed by atoms with Crippen molar-refractivity contribution in [1.29, 1.82) is 0 Å². The highest BCUT2D eigenvalue weighted by molar-refractivity contribution is 7.91. The second-order valence-corrected chi connectivity index (χ2v) is 7.01. The Hall–Kier alpha value is -1.12. The average molecular weight is 305 g/mol. The van der Waals surface area contributed by atoms with Gasteiger partial charge in [-0.15, -0.1) is 11.3 Å². The lowest BCUT2D eigenvalue weighted by atomic mass is 10.3. The molecule has 1 heterocycles. The van der Waals surface area contributed by atoms with Crippen LogP contribution in [-0.2, 0) is 16.4 Å². The van der Waals surface area contributed by atoms with Crippen molar-refractivity contribution in [3.63, 3.8) is 0 Å². The molecule has 0 aliphatic heterocycles. The van der Waals surface area contributed by atoms with Crippen LogP contribution >= 0.6 is 11.3 Å². The van der Waals surface area contributed by atoms with Gasteiger partial charge in [0.25, 0.3) is 0 Å². The van der Waals surface area contributed by atoms with Crippen LogP contribution in [0, 0.1) is 0 Å². The van der Waals surface area contributed by atoms with E-state index in [1.165, 1.54) is 6.07 Å². The monoisotopic (exact) mass is 305 g/mol. The highest BCUT2D eigenvalue weighted by Gasteiger charge is 2.11. The van der Waals surface area contributed by atoms with Crippen molar-refractivity contribution in [3.8, 4) is 0 Å². The second kappa shape index (κ2) is 7.46. The zero-order valence-electron chi connectivity index (χ0n) is 10.8. The number of carbonyl (C=O) groups is 1. The van der Waals surface area contributed by atoms with Crippen molar-refractivity contribution >= 4 is 27.4 Å². The molecule has 0 bridgehead atoms. The molecule has 1 rings (SSSR count). The van der Waals surface area contributed by atoms with Crippen molar-refractivity contribution < 1.29 is 13.2 Å². The number of sulfonamides is 1. The van der Waals surface area contributed by atoms with Crippen LogP contribution in [0.3, 0.4) is 0 Å². The molecular weight excluding hydrogens is 286 g/mol. The third kappa shape index (κ3) is 6.04. The molecule has 0 spiro atoms.